The molecule has 16 heavy (non-hydrogen) atoms. The molecule has 4 nitrogen and oxygen atoms in total. The number of hydrogen-bond acceptors (Lipinski definition) is 2. The summed E-state index contributed by atoms with van der Waals surface area (Å²) in [6.45, 7) is 0.0847. The number of aliphatic hydroxyl groups is 1. The maximum Gasteiger partial charge on any atom is 0.139 e. The Morgan fingerprint density at radius 2 is 2.31 bits per heavy atom. The molecule has 0 saturated carbocycles. The molecule has 0 unspecified atom stereocenters. The molecule has 0 spiro atoms. The van der Waals surface area contributed by atoms with Crippen molar-refractivity contribution in [2.75, 3.05) is 6.54 Å². The fourth-order valence-electron chi connectivity index (χ4n) is 1.07. The first-order valence-electron chi connectivity index (χ1n) is 4.67. The van der Waals surface area contributed by atoms with Gasteiger partial charge in [-0.3, -0.25) is 0 Å². The third-order valence-corrected chi connectivity index (χ3v) is 1.84. The smallest absolute Gasteiger partial charge is 0.139 e. The van der Waals surface area contributed by atoms with Crippen LogP contribution < -0.4 is 0 Å². The molecule has 0 atom stereocenters. The Kier molecular flexibility index (Phi) is 4.87. The van der Waals surface area contributed by atoms with E-state index < -0.39 is 5.82 Å². The minimum absolute atomic E-state index is 0.193. The number of halogens is 1. The lowest BCUT2D eigenvalue weighted by Crippen LogP contribution is -1.88. The van der Waals surface area contributed by atoms with Gasteiger partial charge < -0.3 is 5.11 Å². The summed E-state index contributed by atoms with van der Waals surface area (Å²) in [5.41, 5.74) is 8.80. The van der Waals surface area contributed by atoms with Crippen molar-refractivity contribution >= 4 is 0 Å². The van der Waals surface area contributed by atoms with Gasteiger partial charge in [-0.15, -0.1) is 0 Å². The van der Waals surface area contributed by atoms with Crippen LogP contribution in [0.1, 0.15) is 17.5 Å². The fraction of sp³-hybridized carbons (Fsp3) is 0.273. The molecule has 1 aromatic carbocycles. The van der Waals surface area contributed by atoms with Crippen molar-refractivity contribution in [1.82, 2.24) is 0 Å². The van der Waals surface area contributed by atoms with Gasteiger partial charge >= 0.3 is 0 Å². The minimum atomic E-state index is -0.456. The number of nitrogens with zero attached hydrogens (tertiary/aromatic N) is 3. The third kappa shape index (κ3) is 3.62. The van der Waals surface area contributed by atoms with Gasteiger partial charge in [-0.25, -0.2) is 4.39 Å². The Morgan fingerprint density at radius 3 is 2.94 bits per heavy atom. The van der Waals surface area contributed by atoms with Gasteiger partial charge in [0.05, 0.1) is 12.2 Å². The van der Waals surface area contributed by atoms with Crippen LogP contribution >= 0.6 is 0 Å². The van der Waals surface area contributed by atoms with Crippen molar-refractivity contribution < 1.29 is 9.50 Å². The van der Waals surface area contributed by atoms with Gasteiger partial charge in [-0.05, 0) is 23.2 Å². The normalized spacial score (nSPS) is 8.88. The van der Waals surface area contributed by atoms with Gasteiger partial charge in [0, 0.05) is 17.9 Å². The van der Waals surface area contributed by atoms with Crippen LogP contribution in [0, 0.1) is 17.7 Å². The monoisotopic (exact) mass is 219 g/mol. The zero-order chi connectivity index (χ0) is 11.8. The van der Waals surface area contributed by atoms with Crippen molar-refractivity contribution in [2.24, 2.45) is 5.11 Å². The zero-order valence-corrected chi connectivity index (χ0v) is 8.52. The number of azide groups is 1. The van der Waals surface area contributed by atoms with Crippen molar-refractivity contribution in [3.05, 3.63) is 45.6 Å². The van der Waals surface area contributed by atoms with Gasteiger partial charge in [-0.2, -0.15) is 0 Å². The van der Waals surface area contributed by atoms with Gasteiger partial charge in [0.15, 0.2) is 0 Å². The van der Waals surface area contributed by atoms with E-state index in [1.54, 1.807) is 6.07 Å². The second-order valence-corrected chi connectivity index (χ2v) is 2.98. The first kappa shape index (κ1) is 12.1. The molecule has 0 amide bonds. The summed E-state index contributed by atoms with van der Waals surface area (Å²) < 4.78 is 13.3. The fourth-order valence-corrected chi connectivity index (χ4v) is 1.07. The van der Waals surface area contributed by atoms with E-state index >= 15 is 0 Å². The largest absolute Gasteiger partial charge is 0.392 e. The average Bonchev–Trinajstić information content (AvgIpc) is 2.30. The van der Waals surface area contributed by atoms with Gasteiger partial charge in [0.1, 0.15) is 5.82 Å². The van der Waals surface area contributed by atoms with Crippen LogP contribution in [0.2, 0.25) is 0 Å². The predicted molar refractivity (Wildman–Crippen MR) is 57.8 cm³/mol. The Labute approximate surface area is 92.3 Å². The maximum absolute atomic E-state index is 13.3. The highest BCUT2D eigenvalue weighted by Crippen LogP contribution is 2.09. The summed E-state index contributed by atoms with van der Waals surface area (Å²) in [5, 5.41) is 12.1. The highest BCUT2D eigenvalue weighted by molar-refractivity contribution is 5.37. The molecule has 0 aliphatic rings. The molecule has 0 aliphatic carbocycles. The number of hydrogen-bond donors (Lipinski definition) is 1. The number of aliphatic hydroxyl groups excluding tert-OH is 1. The summed E-state index contributed by atoms with van der Waals surface area (Å²) >= 11 is 0. The van der Waals surface area contributed by atoms with Crippen molar-refractivity contribution in [3.63, 3.8) is 0 Å². The molecule has 1 N–H and O–H groups in total. The Morgan fingerprint density at radius 1 is 1.50 bits per heavy atom. The summed E-state index contributed by atoms with van der Waals surface area (Å²) in [5.74, 6) is 4.87. The summed E-state index contributed by atoms with van der Waals surface area (Å²) in [6.07, 6.45) is 0.394. The molecule has 82 valence electrons. The van der Waals surface area contributed by atoms with Crippen LogP contribution in [0.25, 0.3) is 10.4 Å². The molecule has 0 aromatic heterocycles. The van der Waals surface area contributed by atoms with E-state index in [1.165, 1.54) is 12.1 Å². The minimum Gasteiger partial charge on any atom is -0.392 e. The lowest BCUT2D eigenvalue weighted by molar-refractivity contribution is 0.281. The van der Waals surface area contributed by atoms with E-state index in [-0.39, 0.29) is 18.7 Å². The van der Waals surface area contributed by atoms with Crippen LogP contribution in [-0.2, 0) is 6.61 Å². The topological polar surface area (TPSA) is 69.0 Å². The predicted octanol–water partition coefficient (Wildman–Crippen LogP) is 2.37. The Bertz CT molecular complexity index is 470. The maximum atomic E-state index is 13.3. The molecule has 0 radical (unpaired) electrons. The van der Waals surface area contributed by atoms with E-state index in [4.69, 9.17) is 10.6 Å². The first-order chi connectivity index (χ1) is 7.77. The SMILES string of the molecule is [N-]=[N+]=NCCC#Cc1ccc(CO)cc1F. The standard InChI is InChI=1S/C11H10FN3O/c12-11-7-9(8-16)4-5-10(11)3-1-2-6-14-15-13/h4-5,7,16H,2,6,8H2. The quantitative estimate of drug-likeness (QED) is 0.274. The van der Waals surface area contributed by atoms with Gasteiger partial charge in [0.25, 0.3) is 0 Å². The average molecular weight is 219 g/mol. The molecule has 1 rings (SSSR count). The van der Waals surface area contributed by atoms with Crippen LogP contribution in [0.5, 0.6) is 0 Å². The van der Waals surface area contributed by atoms with Gasteiger partial charge in [-0.1, -0.05) is 23.0 Å². The molecule has 1 aromatic rings. The molecule has 0 saturated heterocycles. The molecule has 0 bridgehead atoms. The third-order valence-electron chi connectivity index (χ3n) is 1.84. The molecule has 0 heterocycles. The number of benzene rings is 1. The second-order valence-electron chi connectivity index (χ2n) is 2.98. The van der Waals surface area contributed by atoms with E-state index in [0.29, 0.717) is 12.0 Å². The summed E-state index contributed by atoms with van der Waals surface area (Å²) in [4.78, 5) is 2.58. The van der Waals surface area contributed by atoms with E-state index in [2.05, 4.69) is 21.9 Å². The van der Waals surface area contributed by atoms with Crippen LogP contribution in [0.4, 0.5) is 4.39 Å². The van der Waals surface area contributed by atoms with Crippen LogP contribution in [-0.4, -0.2) is 11.7 Å². The number of rotatable bonds is 3. The van der Waals surface area contributed by atoms with E-state index in [9.17, 15) is 4.39 Å². The molecular weight excluding hydrogens is 209 g/mol. The zero-order valence-electron chi connectivity index (χ0n) is 8.52. The van der Waals surface area contributed by atoms with Crippen LogP contribution in [0.15, 0.2) is 23.3 Å². The van der Waals surface area contributed by atoms with Crippen LogP contribution in [0.3, 0.4) is 0 Å². The Balaban J connectivity index is 2.69. The molecule has 5 heteroatoms. The first-order valence-corrected chi connectivity index (χ1v) is 4.67. The molecular formula is C11H10FN3O. The molecule has 0 aliphatic heterocycles. The summed E-state index contributed by atoms with van der Waals surface area (Å²) in [6, 6.07) is 4.37. The molecule has 0 fully saturated rings. The van der Waals surface area contributed by atoms with E-state index in [0.717, 1.165) is 0 Å². The second kappa shape index (κ2) is 6.46. The van der Waals surface area contributed by atoms with E-state index in [1.807, 2.05) is 0 Å². The lowest BCUT2D eigenvalue weighted by atomic mass is 10.1. The van der Waals surface area contributed by atoms with Crippen molar-refractivity contribution in [1.29, 1.82) is 0 Å². The lowest BCUT2D eigenvalue weighted by Gasteiger charge is -1.97. The summed E-state index contributed by atoms with van der Waals surface area (Å²) in [7, 11) is 0. The highest BCUT2D eigenvalue weighted by atomic mass is 19.1. The van der Waals surface area contributed by atoms with Gasteiger partial charge in [0.2, 0.25) is 0 Å². The Hall–Kier alpha value is -2.02. The van der Waals surface area contributed by atoms with Crippen molar-refractivity contribution in [2.45, 2.75) is 13.0 Å². The van der Waals surface area contributed by atoms with Crippen molar-refractivity contribution in [3.8, 4) is 11.8 Å². The highest BCUT2D eigenvalue weighted by Gasteiger charge is 1.99.